The molecule has 5 heteroatoms. The van der Waals surface area contributed by atoms with Gasteiger partial charge in [-0.15, -0.1) is 35.4 Å². The first kappa shape index (κ1) is 31.6. The average Bonchev–Trinajstić information content (AvgIpc) is 2.74. The molecule has 0 fully saturated rings. The van der Waals surface area contributed by atoms with Crippen LogP contribution in [0.3, 0.4) is 0 Å². The van der Waals surface area contributed by atoms with Crippen LogP contribution in [0.5, 0.6) is 11.5 Å². The second-order valence-corrected chi connectivity index (χ2v) is 9.83. The molecule has 0 saturated heterocycles. The molecular formula is C29H38MoN2O2-3. The Morgan fingerprint density at radius 2 is 0.971 bits per heavy atom. The molecule has 0 aromatic heterocycles. The van der Waals surface area contributed by atoms with Crippen molar-refractivity contribution < 1.29 is 29.7 Å². The summed E-state index contributed by atoms with van der Waals surface area (Å²) in [5.41, 5.74) is 4.61. The zero-order chi connectivity index (χ0) is 25.4. The molecule has 0 aliphatic carbocycles. The molecule has 0 saturated carbocycles. The molecule has 3 aromatic carbocycles. The van der Waals surface area contributed by atoms with E-state index in [9.17, 15) is 10.2 Å². The number of benzene rings is 3. The van der Waals surface area contributed by atoms with Crippen molar-refractivity contribution in [1.29, 1.82) is 3.73 Å². The van der Waals surface area contributed by atoms with Gasteiger partial charge in [0.25, 0.3) is 0 Å². The summed E-state index contributed by atoms with van der Waals surface area (Å²) in [6, 6.07) is 20.9. The minimum atomic E-state index is -0.156. The average molecular weight is 543 g/mol. The molecule has 2 N–H and O–H groups in total. The minimum absolute atomic E-state index is 0. The van der Waals surface area contributed by atoms with Crippen LogP contribution in [0.25, 0.3) is 27.6 Å². The van der Waals surface area contributed by atoms with Crippen LogP contribution in [-0.4, -0.2) is 24.3 Å². The predicted molar refractivity (Wildman–Crippen MR) is 140 cm³/mol. The predicted octanol–water partition coefficient (Wildman–Crippen LogP) is 7.91. The summed E-state index contributed by atoms with van der Waals surface area (Å²) in [6.07, 6.45) is 0. The second-order valence-electron chi connectivity index (χ2n) is 9.83. The molecule has 3 rings (SSSR count). The van der Waals surface area contributed by atoms with Gasteiger partial charge < -0.3 is 23.0 Å². The van der Waals surface area contributed by atoms with Crippen LogP contribution >= 0.6 is 0 Å². The Morgan fingerprint density at radius 1 is 0.676 bits per heavy atom. The van der Waals surface area contributed by atoms with Gasteiger partial charge in [-0.2, -0.15) is 14.1 Å². The van der Waals surface area contributed by atoms with E-state index < -0.39 is 0 Å². The summed E-state index contributed by atoms with van der Waals surface area (Å²) in [4.78, 5) is 0. The van der Waals surface area contributed by atoms with Gasteiger partial charge in [0.2, 0.25) is 0 Å². The fourth-order valence-electron chi connectivity index (χ4n) is 3.52. The van der Waals surface area contributed by atoms with Crippen molar-refractivity contribution in [2.24, 2.45) is 0 Å². The van der Waals surface area contributed by atoms with E-state index in [1.54, 1.807) is 14.1 Å². The Balaban J connectivity index is 0.00000168. The van der Waals surface area contributed by atoms with Crippen molar-refractivity contribution in [3.05, 3.63) is 84.5 Å². The molecule has 185 valence electrons. The number of hydrogen-bond acceptors (Lipinski definition) is 3. The maximum absolute atomic E-state index is 10.9. The summed E-state index contributed by atoms with van der Waals surface area (Å²) in [6.45, 7) is 12.5. The molecule has 0 heterocycles. The number of phenolic OH excluding ortho intramolecular Hbond substituents is 2. The molecule has 0 atom stereocenters. The first-order valence-electron chi connectivity index (χ1n) is 10.8. The number of hydrogen-bond donors (Lipinski definition) is 2. The van der Waals surface area contributed by atoms with Crippen LogP contribution in [0.4, 0.5) is 0 Å². The molecule has 0 unspecified atom stereocenters. The van der Waals surface area contributed by atoms with Gasteiger partial charge in [0.15, 0.2) is 0 Å². The van der Waals surface area contributed by atoms with Gasteiger partial charge in [0.1, 0.15) is 0 Å². The van der Waals surface area contributed by atoms with Crippen molar-refractivity contribution in [3.8, 4) is 33.8 Å². The SMILES string of the molecule is CC(C)(C)c1cccc(-c2[c-]c(-c3cccc(C(C)(C)C)c3O)ccc2)c1O.C[N-]C.[CH3-].[N]#[Mo]. The van der Waals surface area contributed by atoms with E-state index in [0.717, 1.165) is 52.8 Å². The fraction of sp³-hybridized carbons (Fsp3) is 0.345. The van der Waals surface area contributed by atoms with Gasteiger partial charge in [0.05, 0.1) is 11.5 Å². The number of rotatable bonds is 2. The molecule has 0 aliphatic heterocycles. The van der Waals surface area contributed by atoms with Crippen molar-refractivity contribution in [2.75, 3.05) is 14.1 Å². The Hall–Kier alpha value is -2.38. The third-order valence-electron chi connectivity index (χ3n) is 5.06. The van der Waals surface area contributed by atoms with Crippen LogP contribution in [0, 0.1) is 17.2 Å². The molecule has 34 heavy (non-hydrogen) atoms. The molecule has 0 radical (unpaired) electrons. The quantitative estimate of drug-likeness (QED) is 0.255. The first-order valence-corrected chi connectivity index (χ1v) is 11.7. The summed E-state index contributed by atoms with van der Waals surface area (Å²) < 4.78 is 7.01. The van der Waals surface area contributed by atoms with Crippen molar-refractivity contribution in [1.82, 2.24) is 0 Å². The first-order chi connectivity index (χ1) is 15.4. The van der Waals surface area contributed by atoms with E-state index in [0.29, 0.717) is 0 Å². The summed E-state index contributed by atoms with van der Waals surface area (Å²) >= 11 is 0.950. The van der Waals surface area contributed by atoms with E-state index >= 15 is 0 Å². The molecular weight excluding hydrogens is 504 g/mol. The molecule has 0 amide bonds. The van der Waals surface area contributed by atoms with Crippen molar-refractivity contribution in [3.63, 3.8) is 0 Å². The number of nitrogens with zero attached hydrogens (tertiary/aromatic N) is 2. The zero-order valence-electron chi connectivity index (χ0n) is 21.9. The fourth-order valence-corrected chi connectivity index (χ4v) is 3.52. The van der Waals surface area contributed by atoms with Crippen LogP contribution in [0.15, 0.2) is 54.6 Å². The molecule has 3 aromatic rings. The van der Waals surface area contributed by atoms with Crippen LogP contribution in [-0.2, 0) is 30.3 Å². The zero-order valence-corrected chi connectivity index (χ0v) is 23.9. The number of phenols is 2. The van der Waals surface area contributed by atoms with Crippen molar-refractivity contribution >= 4 is 0 Å². The van der Waals surface area contributed by atoms with Gasteiger partial charge in [-0.25, -0.2) is 0 Å². The third kappa shape index (κ3) is 7.84. The Morgan fingerprint density at radius 3 is 1.26 bits per heavy atom. The van der Waals surface area contributed by atoms with E-state index in [1.165, 1.54) is 0 Å². The summed E-state index contributed by atoms with van der Waals surface area (Å²) in [7, 11) is 3.50. The number of para-hydroxylation sites is 2. The standard InChI is InChI=1S/C26H29O2.C2H6N.CH3.Mo.N/c1-25(2,3)21-14-8-12-19(23(21)27)17-10-7-11-18(16-17)20-13-9-15-22(24(20)28)26(4,5)6;1-3-2;;;/h7-15,27-28H,1-6H3;1-2H3;1H3;;/q3*-1;;. The van der Waals surface area contributed by atoms with E-state index in [4.69, 9.17) is 3.73 Å². The van der Waals surface area contributed by atoms with E-state index in [2.05, 4.69) is 52.9 Å². The van der Waals surface area contributed by atoms with Crippen LogP contribution in [0.2, 0.25) is 0 Å². The third-order valence-corrected chi connectivity index (χ3v) is 5.06. The Bertz CT molecular complexity index is 999. The number of aromatic hydroxyl groups is 2. The second kappa shape index (κ2) is 13.5. The Labute approximate surface area is 217 Å². The van der Waals surface area contributed by atoms with Gasteiger partial charge in [-0.05, 0) is 33.1 Å². The van der Waals surface area contributed by atoms with Gasteiger partial charge >= 0.3 is 23.2 Å². The molecule has 4 nitrogen and oxygen atoms in total. The Kier molecular flexibility index (Phi) is 12.5. The van der Waals surface area contributed by atoms with Crippen LogP contribution < -0.4 is 0 Å². The van der Waals surface area contributed by atoms with E-state index in [-0.39, 0.29) is 29.8 Å². The monoisotopic (exact) mass is 544 g/mol. The van der Waals surface area contributed by atoms with Gasteiger partial charge in [0, 0.05) is 0 Å². The normalized spacial score (nSPS) is 10.6. The topological polar surface area (TPSA) is 78.3 Å². The summed E-state index contributed by atoms with van der Waals surface area (Å²) in [5, 5.41) is 25.3. The molecule has 0 aliphatic rings. The van der Waals surface area contributed by atoms with E-state index in [1.807, 2.05) is 54.6 Å². The van der Waals surface area contributed by atoms with Gasteiger partial charge in [-0.1, -0.05) is 77.9 Å². The summed E-state index contributed by atoms with van der Waals surface area (Å²) in [5.74, 6) is 0.576. The van der Waals surface area contributed by atoms with Gasteiger partial charge in [-0.3, -0.25) is 0 Å². The van der Waals surface area contributed by atoms with Crippen molar-refractivity contribution in [2.45, 2.75) is 52.4 Å². The van der Waals surface area contributed by atoms with Crippen LogP contribution in [0.1, 0.15) is 52.7 Å². The molecule has 0 bridgehead atoms. The maximum atomic E-state index is 10.9. The molecule has 0 spiro atoms.